The fourth-order valence-electron chi connectivity index (χ4n) is 2.90. The highest BCUT2D eigenvalue weighted by Gasteiger charge is 2.50. The van der Waals surface area contributed by atoms with Crippen LogP contribution in [0.3, 0.4) is 0 Å². The monoisotopic (exact) mass is 291 g/mol. The third kappa shape index (κ3) is 2.77. The van der Waals surface area contributed by atoms with Crippen molar-refractivity contribution in [2.45, 2.75) is 44.2 Å². The molecular formula is C16H18FNO3. The number of benzene rings is 1. The van der Waals surface area contributed by atoms with E-state index in [1.807, 2.05) is 0 Å². The second-order valence-electron chi connectivity index (χ2n) is 5.99. The lowest BCUT2D eigenvalue weighted by Gasteiger charge is -2.26. The van der Waals surface area contributed by atoms with Gasteiger partial charge in [-0.05, 0) is 49.8 Å². The Morgan fingerprint density at radius 2 is 1.90 bits per heavy atom. The number of carbonyl (C=O) groups excluding carboxylic acids is 1. The number of hydrogen-bond acceptors (Lipinski definition) is 2. The van der Waals surface area contributed by atoms with Crippen molar-refractivity contribution in [1.82, 2.24) is 4.90 Å². The van der Waals surface area contributed by atoms with Crippen LogP contribution in [0.1, 0.15) is 37.7 Å². The lowest BCUT2D eigenvalue weighted by Crippen LogP contribution is -2.45. The molecule has 112 valence electrons. The van der Waals surface area contributed by atoms with E-state index in [-0.39, 0.29) is 29.6 Å². The molecule has 0 heterocycles. The van der Waals surface area contributed by atoms with Gasteiger partial charge in [0.15, 0.2) is 0 Å². The summed E-state index contributed by atoms with van der Waals surface area (Å²) in [7, 11) is 0. The van der Waals surface area contributed by atoms with Crippen molar-refractivity contribution in [2.24, 2.45) is 5.92 Å². The molecule has 21 heavy (non-hydrogen) atoms. The van der Waals surface area contributed by atoms with Gasteiger partial charge in [-0.15, -0.1) is 0 Å². The van der Waals surface area contributed by atoms with E-state index in [4.69, 9.17) is 5.11 Å². The molecule has 4 nitrogen and oxygen atoms in total. The Kier molecular flexibility index (Phi) is 3.43. The van der Waals surface area contributed by atoms with Crippen LogP contribution in [0.25, 0.3) is 0 Å². The molecule has 1 N–H and O–H groups in total. The Balaban J connectivity index is 1.71. The molecule has 5 heteroatoms. The Labute approximate surface area is 122 Å². The molecule has 1 amide bonds. The number of amides is 1. The molecule has 2 saturated carbocycles. The summed E-state index contributed by atoms with van der Waals surface area (Å²) >= 11 is 0. The average Bonchev–Trinajstić information content (AvgIpc) is 3.33. The minimum Gasteiger partial charge on any atom is -0.480 e. The molecule has 0 saturated heterocycles. The molecule has 2 aliphatic rings. The van der Waals surface area contributed by atoms with Crippen molar-refractivity contribution in [3.63, 3.8) is 0 Å². The van der Waals surface area contributed by atoms with Crippen molar-refractivity contribution in [1.29, 1.82) is 0 Å². The summed E-state index contributed by atoms with van der Waals surface area (Å²) in [5.74, 6) is -1.38. The first-order valence-electron chi connectivity index (χ1n) is 7.29. The van der Waals surface area contributed by atoms with Gasteiger partial charge >= 0.3 is 5.97 Å². The Hall–Kier alpha value is -1.91. The maximum atomic E-state index is 12.9. The Morgan fingerprint density at radius 3 is 2.43 bits per heavy atom. The lowest BCUT2D eigenvalue weighted by atomic mass is 10.1. The number of hydrogen-bond donors (Lipinski definition) is 1. The highest BCUT2D eigenvalue weighted by Crippen LogP contribution is 2.49. The van der Waals surface area contributed by atoms with Crippen LogP contribution in [0.5, 0.6) is 0 Å². The third-order valence-electron chi connectivity index (χ3n) is 4.38. The quantitative estimate of drug-likeness (QED) is 0.906. The fourth-order valence-corrected chi connectivity index (χ4v) is 2.90. The van der Waals surface area contributed by atoms with Crippen LogP contribution in [0, 0.1) is 11.7 Å². The number of aliphatic carboxylic acids is 1. The molecule has 0 aliphatic heterocycles. The number of nitrogens with zero attached hydrogens (tertiary/aromatic N) is 1. The van der Waals surface area contributed by atoms with Gasteiger partial charge in [0.05, 0.1) is 0 Å². The molecule has 1 aromatic carbocycles. The topological polar surface area (TPSA) is 57.6 Å². The summed E-state index contributed by atoms with van der Waals surface area (Å²) < 4.78 is 12.9. The summed E-state index contributed by atoms with van der Waals surface area (Å²) in [5, 5.41) is 9.16. The molecule has 0 aromatic heterocycles. The molecule has 2 fully saturated rings. The zero-order chi connectivity index (χ0) is 15.1. The lowest BCUT2D eigenvalue weighted by molar-refractivity contribution is -0.150. The van der Waals surface area contributed by atoms with Crippen molar-refractivity contribution >= 4 is 11.9 Å². The van der Waals surface area contributed by atoms with E-state index in [1.54, 1.807) is 19.1 Å². The average molecular weight is 291 g/mol. The smallest absolute Gasteiger partial charge is 0.326 e. The van der Waals surface area contributed by atoms with Crippen molar-refractivity contribution in [3.8, 4) is 0 Å². The second kappa shape index (κ2) is 5.13. The number of halogens is 1. The molecule has 3 atom stereocenters. The molecular weight excluding hydrogens is 273 g/mol. The van der Waals surface area contributed by atoms with E-state index >= 15 is 0 Å². The first kappa shape index (κ1) is 14.0. The Morgan fingerprint density at radius 1 is 1.29 bits per heavy atom. The van der Waals surface area contributed by atoms with Gasteiger partial charge in [-0.25, -0.2) is 9.18 Å². The van der Waals surface area contributed by atoms with E-state index in [0.717, 1.165) is 24.8 Å². The van der Waals surface area contributed by atoms with Gasteiger partial charge in [0.1, 0.15) is 11.9 Å². The third-order valence-corrected chi connectivity index (χ3v) is 4.38. The van der Waals surface area contributed by atoms with Gasteiger partial charge in [-0.2, -0.15) is 0 Å². The van der Waals surface area contributed by atoms with Gasteiger partial charge in [0.25, 0.3) is 0 Å². The van der Waals surface area contributed by atoms with Crippen LogP contribution >= 0.6 is 0 Å². The first-order chi connectivity index (χ1) is 9.99. The number of carboxylic acids is 1. The largest absolute Gasteiger partial charge is 0.480 e. The van der Waals surface area contributed by atoms with Crippen LogP contribution in [0.4, 0.5) is 4.39 Å². The predicted octanol–water partition coefficient (Wildman–Crippen LogP) is 2.39. The molecule has 2 aliphatic carbocycles. The van der Waals surface area contributed by atoms with E-state index in [9.17, 15) is 14.0 Å². The second-order valence-corrected chi connectivity index (χ2v) is 5.99. The van der Waals surface area contributed by atoms with Gasteiger partial charge in [0.2, 0.25) is 5.91 Å². The van der Waals surface area contributed by atoms with Gasteiger partial charge in [-0.3, -0.25) is 4.79 Å². The summed E-state index contributed by atoms with van der Waals surface area (Å²) in [6.45, 7) is 1.56. The molecule has 3 unspecified atom stereocenters. The van der Waals surface area contributed by atoms with E-state index in [0.29, 0.717) is 0 Å². The summed E-state index contributed by atoms with van der Waals surface area (Å²) in [6.07, 6.45) is 2.49. The predicted molar refractivity (Wildman–Crippen MR) is 74.2 cm³/mol. The minimum atomic E-state index is -0.964. The zero-order valence-electron chi connectivity index (χ0n) is 11.8. The number of carboxylic acid groups (broad SMARTS) is 1. The van der Waals surface area contributed by atoms with Crippen LogP contribution < -0.4 is 0 Å². The molecule has 1 aromatic rings. The van der Waals surface area contributed by atoms with E-state index in [2.05, 4.69) is 0 Å². The van der Waals surface area contributed by atoms with Gasteiger partial charge in [-0.1, -0.05) is 12.1 Å². The van der Waals surface area contributed by atoms with Crippen LogP contribution in [0.15, 0.2) is 24.3 Å². The maximum Gasteiger partial charge on any atom is 0.326 e. The molecule has 0 spiro atoms. The fraction of sp³-hybridized carbons (Fsp3) is 0.500. The van der Waals surface area contributed by atoms with E-state index in [1.165, 1.54) is 17.0 Å². The van der Waals surface area contributed by atoms with Crippen LogP contribution in [0.2, 0.25) is 0 Å². The minimum absolute atomic E-state index is 0.0678. The number of rotatable bonds is 5. The van der Waals surface area contributed by atoms with Gasteiger partial charge < -0.3 is 10.0 Å². The van der Waals surface area contributed by atoms with Crippen molar-refractivity contribution < 1.29 is 19.1 Å². The molecule has 0 bridgehead atoms. The van der Waals surface area contributed by atoms with Crippen LogP contribution in [-0.4, -0.2) is 34.0 Å². The summed E-state index contributed by atoms with van der Waals surface area (Å²) in [6, 6.07) is 5.50. The van der Waals surface area contributed by atoms with Gasteiger partial charge in [0, 0.05) is 12.0 Å². The molecule has 3 rings (SSSR count). The normalized spacial score (nSPS) is 25.2. The van der Waals surface area contributed by atoms with Crippen molar-refractivity contribution in [3.05, 3.63) is 35.6 Å². The Bertz CT molecular complexity index is 567. The first-order valence-corrected chi connectivity index (χ1v) is 7.29. The summed E-state index contributed by atoms with van der Waals surface area (Å²) in [5.41, 5.74) is 0.952. The standard InChI is InChI=1S/C16H18FNO3/c1-9(16(20)21)18(12-6-7-12)15(19)14-8-13(14)10-2-4-11(17)5-3-10/h2-5,9,12-14H,6-8H2,1H3,(H,20,21). The summed E-state index contributed by atoms with van der Waals surface area (Å²) in [4.78, 5) is 25.3. The highest BCUT2D eigenvalue weighted by atomic mass is 19.1. The SMILES string of the molecule is CC(C(=O)O)N(C(=O)C1CC1c1ccc(F)cc1)C1CC1. The number of carbonyl (C=O) groups is 2. The van der Waals surface area contributed by atoms with Crippen LogP contribution in [-0.2, 0) is 9.59 Å². The maximum absolute atomic E-state index is 12.9. The van der Waals surface area contributed by atoms with Crippen molar-refractivity contribution in [2.75, 3.05) is 0 Å². The highest BCUT2D eigenvalue weighted by molar-refractivity contribution is 5.88. The van der Waals surface area contributed by atoms with E-state index < -0.39 is 12.0 Å². The zero-order valence-corrected chi connectivity index (χ0v) is 11.8. The molecule has 0 radical (unpaired) electrons.